The number of fused-ring (bicyclic) bond motifs is 6. The van der Waals surface area contributed by atoms with Gasteiger partial charge in [0.2, 0.25) is 0 Å². The minimum Gasteiger partial charge on any atom is -0.455 e. The van der Waals surface area contributed by atoms with Crippen molar-refractivity contribution < 1.29 is 4.42 Å². The van der Waals surface area contributed by atoms with Gasteiger partial charge in [0.05, 0.1) is 28.1 Å². The standard InChI is InChI=1S/C46H29N3O/c1-3-14-30(15-4-1)38-29-39(48-46(47-38)31-16-5-2-6-17-31)32-18-13-19-33(28-32)44-42(27-26-37-36-22-9-12-25-43(36)50-45(37)44)49-40-23-10-7-20-34(40)35-21-8-11-24-41(35)49/h1-29H. The molecule has 0 spiro atoms. The van der Waals surface area contributed by atoms with Crippen LogP contribution < -0.4 is 0 Å². The fraction of sp³-hybridized carbons (Fsp3) is 0. The third kappa shape index (κ3) is 4.54. The second kappa shape index (κ2) is 11.4. The zero-order chi connectivity index (χ0) is 33.0. The number of para-hydroxylation sites is 3. The molecule has 50 heavy (non-hydrogen) atoms. The largest absolute Gasteiger partial charge is 0.455 e. The van der Waals surface area contributed by atoms with Gasteiger partial charge in [0.1, 0.15) is 11.2 Å². The second-order valence-electron chi connectivity index (χ2n) is 12.6. The molecule has 0 bridgehead atoms. The molecule has 3 aromatic heterocycles. The first kappa shape index (κ1) is 28.3. The first-order chi connectivity index (χ1) is 24.8. The number of hydrogen-bond donors (Lipinski definition) is 0. The molecule has 0 aliphatic rings. The third-order valence-electron chi connectivity index (χ3n) is 9.62. The Morgan fingerprint density at radius 2 is 0.960 bits per heavy atom. The van der Waals surface area contributed by atoms with Crippen LogP contribution in [0.2, 0.25) is 0 Å². The molecule has 10 rings (SSSR count). The number of furan rings is 1. The predicted octanol–water partition coefficient (Wildman–Crippen LogP) is 12.1. The van der Waals surface area contributed by atoms with Crippen molar-refractivity contribution in [3.8, 4) is 50.7 Å². The molecular weight excluding hydrogens is 611 g/mol. The Morgan fingerprint density at radius 3 is 1.68 bits per heavy atom. The molecule has 3 heterocycles. The van der Waals surface area contributed by atoms with E-state index in [0.29, 0.717) is 5.82 Å². The average molecular weight is 640 g/mol. The highest BCUT2D eigenvalue weighted by Crippen LogP contribution is 2.43. The van der Waals surface area contributed by atoms with E-state index in [1.807, 2.05) is 48.5 Å². The minimum absolute atomic E-state index is 0.692. The topological polar surface area (TPSA) is 43.9 Å². The summed E-state index contributed by atoms with van der Waals surface area (Å²) in [5.74, 6) is 0.692. The van der Waals surface area contributed by atoms with Gasteiger partial charge in [0, 0.05) is 43.8 Å². The lowest BCUT2D eigenvalue weighted by atomic mass is 9.97. The number of hydrogen-bond acceptors (Lipinski definition) is 3. The van der Waals surface area contributed by atoms with E-state index in [9.17, 15) is 0 Å². The van der Waals surface area contributed by atoms with Gasteiger partial charge in [-0.1, -0.05) is 133 Å². The zero-order valence-corrected chi connectivity index (χ0v) is 27.0. The Labute approximate surface area is 288 Å². The van der Waals surface area contributed by atoms with E-state index in [2.05, 4.69) is 132 Å². The Kier molecular flexibility index (Phi) is 6.46. The highest BCUT2D eigenvalue weighted by atomic mass is 16.3. The van der Waals surface area contributed by atoms with Crippen molar-refractivity contribution in [2.45, 2.75) is 0 Å². The van der Waals surface area contributed by atoms with Crippen molar-refractivity contribution in [2.24, 2.45) is 0 Å². The van der Waals surface area contributed by atoms with Crippen LogP contribution in [0.4, 0.5) is 0 Å². The molecule has 0 aliphatic carbocycles. The first-order valence-corrected chi connectivity index (χ1v) is 16.8. The van der Waals surface area contributed by atoms with Crippen LogP contribution >= 0.6 is 0 Å². The monoisotopic (exact) mass is 639 g/mol. The molecule has 0 unspecified atom stereocenters. The van der Waals surface area contributed by atoms with Gasteiger partial charge in [0.15, 0.2) is 5.82 Å². The Balaban J connectivity index is 1.25. The van der Waals surface area contributed by atoms with Gasteiger partial charge in [-0.25, -0.2) is 9.97 Å². The number of benzene rings is 7. The number of aromatic nitrogens is 3. The molecule has 0 saturated carbocycles. The molecule has 10 aromatic rings. The van der Waals surface area contributed by atoms with E-state index in [0.717, 1.165) is 77.9 Å². The smallest absolute Gasteiger partial charge is 0.160 e. The van der Waals surface area contributed by atoms with Crippen LogP contribution in [-0.2, 0) is 0 Å². The summed E-state index contributed by atoms with van der Waals surface area (Å²) in [6.07, 6.45) is 0. The summed E-state index contributed by atoms with van der Waals surface area (Å²) in [5, 5.41) is 4.63. The summed E-state index contributed by atoms with van der Waals surface area (Å²) >= 11 is 0. The molecule has 7 aromatic carbocycles. The van der Waals surface area contributed by atoms with E-state index < -0.39 is 0 Å². The molecule has 0 amide bonds. The predicted molar refractivity (Wildman–Crippen MR) is 205 cm³/mol. The summed E-state index contributed by atoms with van der Waals surface area (Å²) in [6.45, 7) is 0. The summed E-state index contributed by atoms with van der Waals surface area (Å²) < 4.78 is 9.14. The first-order valence-electron chi connectivity index (χ1n) is 16.8. The second-order valence-corrected chi connectivity index (χ2v) is 12.6. The molecule has 0 aliphatic heterocycles. The van der Waals surface area contributed by atoms with Crippen LogP contribution in [0.15, 0.2) is 180 Å². The number of rotatable bonds is 5. The van der Waals surface area contributed by atoms with Crippen LogP contribution in [0.3, 0.4) is 0 Å². The normalized spacial score (nSPS) is 11.6. The van der Waals surface area contributed by atoms with E-state index >= 15 is 0 Å². The van der Waals surface area contributed by atoms with Gasteiger partial charge in [-0.15, -0.1) is 0 Å². The van der Waals surface area contributed by atoms with Crippen LogP contribution in [0.5, 0.6) is 0 Å². The van der Waals surface area contributed by atoms with Gasteiger partial charge in [0.25, 0.3) is 0 Å². The molecule has 0 N–H and O–H groups in total. The molecule has 0 atom stereocenters. The van der Waals surface area contributed by atoms with Gasteiger partial charge in [-0.05, 0) is 48.0 Å². The summed E-state index contributed by atoms with van der Waals surface area (Å²) in [7, 11) is 0. The van der Waals surface area contributed by atoms with Gasteiger partial charge in [-0.2, -0.15) is 0 Å². The summed E-state index contributed by atoms with van der Waals surface area (Å²) in [4.78, 5) is 10.2. The Morgan fingerprint density at radius 1 is 0.400 bits per heavy atom. The maximum atomic E-state index is 6.76. The lowest BCUT2D eigenvalue weighted by molar-refractivity contribution is 0.670. The molecule has 0 fully saturated rings. The lowest BCUT2D eigenvalue weighted by Crippen LogP contribution is -1.98. The van der Waals surface area contributed by atoms with E-state index in [1.54, 1.807) is 0 Å². The van der Waals surface area contributed by atoms with E-state index in [-0.39, 0.29) is 0 Å². The SMILES string of the molecule is c1ccc(-c2cc(-c3cccc(-c4c(-n5c6ccccc6c6ccccc65)ccc5c4oc4ccccc45)c3)nc(-c3ccccc3)n2)cc1. The van der Waals surface area contributed by atoms with Crippen molar-refractivity contribution in [1.29, 1.82) is 0 Å². The summed E-state index contributed by atoms with van der Waals surface area (Å²) in [5.41, 5.74) is 11.9. The van der Waals surface area contributed by atoms with Crippen molar-refractivity contribution in [2.75, 3.05) is 0 Å². The molecule has 234 valence electrons. The zero-order valence-electron chi connectivity index (χ0n) is 27.0. The molecule has 4 heteroatoms. The van der Waals surface area contributed by atoms with Gasteiger partial charge < -0.3 is 8.98 Å². The van der Waals surface area contributed by atoms with Gasteiger partial charge in [-0.3, -0.25) is 0 Å². The fourth-order valence-electron chi connectivity index (χ4n) is 7.33. The van der Waals surface area contributed by atoms with Crippen molar-refractivity contribution >= 4 is 43.7 Å². The molecular formula is C46H29N3O. The minimum atomic E-state index is 0.692. The highest BCUT2D eigenvalue weighted by Gasteiger charge is 2.21. The number of nitrogens with zero attached hydrogens (tertiary/aromatic N) is 3. The Hall–Kier alpha value is -6.78. The van der Waals surface area contributed by atoms with Crippen molar-refractivity contribution in [3.63, 3.8) is 0 Å². The van der Waals surface area contributed by atoms with Gasteiger partial charge >= 0.3 is 0 Å². The van der Waals surface area contributed by atoms with Crippen molar-refractivity contribution in [3.05, 3.63) is 176 Å². The lowest BCUT2D eigenvalue weighted by Gasteiger charge is -2.16. The van der Waals surface area contributed by atoms with Crippen molar-refractivity contribution in [1.82, 2.24) is 14.5 Å². The maximum absolute atomic E-state index is 6.76. The Bertz CT molecular complexity index is 2760. The fourth-order valence-corrected chi connectivity index (χ4v) is 7.33. The molecule has 0 saturated heterocycles. The van der Waals surface area contributed by atoms with Crippen LogP contribution in [-0.4, -0.2) is 14.5 Å². The molecule has 4 nitrogen and oxygen atoms in total. The summed E-state index contributed by atoms with van der Waals surface area (Å²) in [6, 6.07) is 61.3. The highest BCUT2D eigenvalue weighted by molar-refractivity contribution is 6.14. The quantitative estimate of drug-likeness (QED) is 0.188. The van der Waals surface area contributed by atoms with E-state index in [1.165, 1.54) is 10.8 Å². The molecule has 0 radical (unpaired) electrons. The average Bonchev–Trinajstić information content (AvgIpc) is 3.74. The van der Waals surface area contributed by atoms with Crippen LogP contribution in [0.1, 0.15) is 0 Å². The van der Waals surface area contributed by atoms with E-state index in [4.69, 9.17) is 14.4 Å². The maximum Gasteiger partial charge on any atom is 0.160 e. The van der Waals surface area contributed by atoms with Crippen LogP contribution in [0, 0.1) is 0 Å². The van der Waals surface area contributed by atoms with Crippen LogP contribution in [0.25, 0.3) is 94.5 Å². The third-order valence-corrected chi connectivity index (χ3v) is 9.62.